The van der Waals surface area contributed by atoms with Crippen molar-refractivity contribution in [2.75, 3.05) is 13.2 Å². The molecule has 0 saturated heterocycles. The van der Waals surface area contributed by atoms with E-state index in [9.17, 15) is 19.5 Å². The zero-order valence-corrected chi connectivity index (χ0v) is 16.6. The second-order valence-electron chi connectivity index (χ2n) is 5.95. The van der Waals surface area contributed by atoms with Gasteiger partial charge in [-0.05, 0) is 26.3 Å². The standard InChI is InChI=1S/C20H22ClNO6/c1-4-27-19(25)11(3)15-14(20(26)28-5-2)18(24)16(22-15)17(23)13-9-7-6-8-12(13)10-21/h6-9,11,22,24H,4-5,10H2,1-3H3. The average molecular weight is 408 g/mol. The first kappa shape index (κ1) is 21.5. The number of nitrogens with one attached hydrogen (secondary N) is 1. The number of benzene rings is 1. The topological polar surface area (TPSA) is 106 Å². The summed E-state index contributed by atoms with van der Waals surface area (Å²) in [5.41, 5.74) is 0.433. The lowest BCUT2D eigenvalue weighted by Crippen LogP contribution is -2.17. The Bertz CT molecular complexity index is 889. The van der Waals surface area contributed by atoms with E-state index in [1.54, 1.807) is 38.1 Å². The molecule has 2 aromatic rings. The highest BCUT2D eigenvalue weighted by molar-refractivity contribution is 6.19. The second kappa shape index (κ2) is 9.41. The zero-order chi connectivity index (χ0) is 20.8. The number of halogens is 1. The van der Waals surface area contributed by atoms with Gasteiger partial charge >= 0.3 is 11.9 Å². The Morgan fingerprint density at radius 2 is 1.79 bits per heavy atom. The number of hydrogen-bond acceptors (Lipinski definition) is 6. The van der Waals surface area contributed by atoms with Gasteiger partial charge in [-0.1, -0.05) is 24.3 Å². The number of esters is 2. The summed E-state index contributed by atoms with van der Waals surface area (Å²) in [6.45, 7) is 4.99. The number of rotatable bonds is 8. The molecule has 150 valence electrons. The van der Waals surface area contributed by atoms with Crippen LogP contribution in [0.15, 0.2) is 24.3 Å². The summed E-state index contributed by atoms with van der Waals surface area (Å²) < 4.78 is 9.97. The SMILES string of the molecule is CCOC(=O)c1c(C(C)C(=O)OCC)[nH]c(C(=O)c2ccccc2CCl)c1O. The van der Waals surface area contributed by atoms with E-state index in [-0.39, 0.29) is 41.6 Å². The van der Waals surface area contributed by atoms with E-state index in [2.05, 4.69) is 4.98 Å². The van der Waals surface area contributed by atoms with Crippen molar-refractivity contribution in [1.82, 2.24) is 4.98 Å². The van der Waals surface area contributed by atoms with E-state index in [4.69, 9.17) is 21.1 Å². The molecule has 1 unspecified atom stereocenters. The van der Waals surface area contributed by atoms with Crippen LogP contribution in [0.3, 0.4) is 0 Å². The number of aromatic hydroxyl groups is 1. The Kier molecular flexibility index (Phi) is 7.23. The maximum atomic E-state index is 13.0. The van der Waals surface area contributed by atoms with Gasteiger partial charge in [0.2, 0.25) is 5.78 Å². The average Bonchev–Trinajstić information content (AvgIpc) is 3.04. The molecule has 1 aromatic heterocycles. The van der Waals surface area contributed by atoms with E-state index >= 15 is 0 Å². The smallest absolute Gasteiger partial charge is 0.343 e. The molecule has 0 fully saturated rings. The second-order valence-corrected chi connectivity index (χ2v) is 6.22. The predicted octanol–water partition coefficient (Wildman–Crippen LogP) is 3.53. The third-order valence-corrected chi connectivity index (χ3v) is 4.48. The van der Waals surface area contributed by atoms with Gasteiger partial charge in [0.1, 0.15) is 11.3 Å². The minimum atomic E-state index is -0.921. The summed E-state index contributed by atoms with van der Waals surface area (Å²) >= 11 is 5.90. The molecule has 0 spiro atoms. The number of aromatic amines is 1. The van der Waals surface area contributed by atoms with Crippen LogP contribution in [0, 0.1) is 0 Å². The van der Waals surface area contributed by atoms with E-state index in [1.807, 2.05) is 0 Å². The van der Waals surface area contributed by atoms with Crippen LogP contribution < -0.4 is 0 Å². The number of aromatic nitrogens is 1. The Hall–Kier alpha value is -2.80. The van der Waals surface area contributed by atoms with Crippen molar-refractivity contribution in [3.05, 3.63) is 52.3 Å². The number of carbonyl (C=O) groups excluding carboxylic acids is 3. The molecule has 0 saturated carbocycles. The number of carbonyl (C=O) groups is 3. The third-order valence-electron chi connectivity index (χ3n) is 4.19. The molecule has 1 atom stereocenters. The van der Waals surface area contributed by atoms with E-state index in [0.717, 1.165) is 0 Å². The van der Waals surface area contributed by atoms with Crippen LogP contribution in [0.25, 0.3) is 0 Å². The van der Waals surface area contributed by atoms with E-state index < -0.39 is 29.4 Å². The van der Waals surface area contributed by atoms with Crippen LogP contribution in [0.2, 0.25) is 0 Å². The van der Waals surface area contributed by atoms with Crippen LogP contribution in [0.4, 0.5) is 0 Å². The molecule has 0 aliphatic rings. The van der Waals surface area contributed by atoms with Gasteiger partial charge in [0.05, 0.1) is 19.1 Å². The summed E-state index contributed by atoms with van der Waals surface area (Å²) in [4.78, 5) is 40.3. The van der Waals surface area contributed by atoms with E-state index in [0.29, 0.717) is 5.56 Å². The molecule has 28 heavy (non-hydrogen) atoms. The third kappa shape index (κ3) is 4.20. The molecule has 1 aromatic carbocycles. The normalized spacial score (nSPS) is 11.7. The Morgan fingerprint density at radius 1 is 1.14 bits per heavy atom. The van der Waals surface area contributed by atoms with Gasteiger partial charge in [0, 0.05) is 17.1 Å². The lowest BCUT2D eigenvalue weighted by molar-refractivity contribution is -0.144. The molecule has 0 aliphatic carbocycles. The molecule has 2 N–H and O–H groups in total. The maximum absolute atomic E-state index is 13.0. The Labute approximate surface area is 167 Å². The van der Waals surface area contributed by atoms with Crippen LogP contribution >= 0.6 is 11.6 Å². The first-order valence-corrected chi connectivity index (χ1v) is 9.37. The fourth-order valence-electron chi connectivity index (χ4n) is 2.79. The molecule has 0 aliphatic heterocycles. The van der Waals surface area contributed by atoms with Gasteiger partial charge in [-0.25, -0.2) is 4.79 Å². The quantitative estimate of drug-likeness (QED) is 0.394. The van der Waals surface area contributed by atoms with E-state index in [1.165, 1.54) is 6.92 Å². The van der Waals surface area contributed by atoms with Crippen molar-refractivity contribution in [3.8, 4) is 5.75 Å². The molecule has 0 bridgehead atoms. The fourth-order valence-corrected chi connectivity index (χ4v) is 3.02. The minimum Gasteiger partial charge on any atom is -0.505 e. The van der Waals surface area contributed by atoms with Gasteiger partial charge in [-0.2, -0.15) is 0 Å². The monoisotopic (exact) mass is 407 g/mol. The van der Waals surface area contributed by atoms with Crippen LogP contribution in [0.1, 0.15) is 64.4 Å². The maximum Gasteiger partial charge on any atom is 0.343 e. The highest BCUT2D eigenvalue weighted by Gasteiger charge is 2.33. The summed E-state index contributed by atoms with van der Waals surface area (Å²) in [6.07, 6.45) is 0. The number of H-pyrrole nitrogens is 1. The first-order chi connectivity index (χ1) is 13.4. The molecule has 8 heteroatoms. The zero-order valence-electron chi connectivity index (χ0n) is 15.9. The molecule has 0 amide bonds. The van der Waals surface area contributed by atoms with Crippen LogP contribution in [-0.2, 0) is 20.1 Å². The van der Waals surface area contributed by atoms with Gasteiger partial charge in [0.25, 0.3) is 0 Å². The number of alkyl halides is 1. The molecule has 0 radical (unpaired) electrons. The number of ketones is 1. The lowest BCUT2D eigenvalue weighted by Gasteiger charge is -2.11. The summed E-state index contributed by atoms with van der Waals surface area (Å²) in [5, 5.41) is 10.6. The highest BCUT2D eigenvalue weighted by Crippen LogP contribution is 2.34. The highest BCUT2D eigenvalue weighted by atomic mass is 35.5. The minimum absolute atomic E-state index is 0.0566. The molecule has 7 nitrogen and oxygen atoms in total. The van der Waals surface area contributed by atoms with Crippen LogP contribution in [0.5, 0.6) is 5.75 Å². The molecule has 1 heterocycles. The Balaban J connectivity index is 2.60. The van der Waals surface area contributed by atoms with Gasteiger partial charge < -0.3 is 19.6 Å². The summed E-state index contributed by atoms with van der Waals surface area (Å²) in [6, 6.07) is 6.66. The van der Waals surface area contributed by atoms with Gasteiger partial charge in [-0.3, -0.25) is 9.59 Å². The summed E-state index contributed by atoms with van der Waals surface area (Å²) in [7, 11) is 0. The Morgan fingerprint density at radius 3 is 2.39 bits per heavy atom. The van der Waals surface area contributed by atoms with Crippen molar-refractivity contribution in [2.24, 2.45) is 0 Å². The number of hydrogen-bond donors (Lipinski definition) is 2. The van der Waals surface area contributed by atoms with Crippen LogP contribution in [-0.4, -0.2) is 41.0 Å². The largest absolute Gasteiger partial charge is 0.505 e. The fraction of sp³-hybridized carbons (Fsp3) is 0.350. The van der Waals surface area contributed by atoms with Gasteiger partial charge in [-0.15, -0.1) is 11.6 Å². The van der Waals surface area contributed by atoms with Gasteiger partial charge in [0.15, 0.2) is 5.75 Å². The number of ether oxygens (including phenoxy) is 2. The molecular formula is C20H22ClNO6. The van der Waals surface area contributed by atoms with Crippen molar-refractivity contribution >= 4 is 29.3 Å². The van der Waals surface area contributed by atoms with Crippen molar-refractivity contribution in [3.63, 3.8) is 0 Å². The molecular weight excluding hydrogens is 386 g/mol. The summed E-state index contributed by atoms with van der Waals surface area (Å²) in [5.74, 6) is -3.39. The lowest BCUT2D eigenvalue weighted by atomic mass is 10.0. The predicted molar refractivity (Wildman–Crippen MR) is 103 cm³/mol. The van der Waals surface area contributed by atoms with Crippen molar-refractivity contribution in [2.45, 2.75) is 32.6 Å². The van der Waals surface area contributed by atoms with Crippen molar-refractivity contribution < 1.29 is 29.0 Å². The first-order valence-electron chi connectivity index (χ1n) is 8.84. The van der Waals surface area contributed by atoms with Crippen molar-refractivity contribution in [1.29, 1.82) is 0 Å². The molecule has 2 rings (SSSR count).